The molecule has 0 amide bonds. The Balaban J connectivity index is 2.69. The topological polar surface area (TPSA) is 71.7 Å². The first kappa shape index (κ1) is 13.5. The number of hydrogen-bond donors (Lipinski definition) is 1. The Hall–Kier alpha value is -1.88. The van der Waals surface area contributed by atoms with Crippen molar-refractivity contribution in [3.05, 3.63) is 45.0 Å². The lowest BCUT2D eigenvalue weighted by Gasteiger charge is -2.09. The Labute approximate surface area is 114 Å². The monoisotopic (exact) mass is 280 g/mol. The smallest absolute Gasteiger partial charge is 0.335 e. The van der Waals surface area contributed by atoms with Crippen LogP contribution in [0.4, 0.5) is 0 Å². The highest BCUT2D eigenvalue weighted by atomic mass is 35.5. The van der Waals surface area contributed by atoms with Crippen LogP contribution < -0.4 is 5.56 Å². The van der Waals surface area contributed by atoms with Crippen LogP contribution in [0.2, 0.25) is 5.15 Å². The Morgan fingerprint density at radius 2 is 2.21 bits per heavy atom. The summed E-state index contributed by atoms with van der Waals surface area (Å²) in [7, 11) is 0. The number of halogens is 1. The Bertz CT molecular complexity index is 707. The fourth-order valence-electron chi connectivity index (χ4n) is 1.86. The van der Waals surface area contributed by atoms with Gasteiger partial charge < -0.3 is 5.11 Å². The fourth-order valence-corrected chi connectivity index (χ4v) is 2.10. The summed E-state index contributed by atoms with van der Waals surface area (Å²) in [6.45, 7) is 3.97. The molecule has 0 aliphatic carbocycles. The van der Waals surface area contributed by atoms with Gasteiger partial charge in [-0.05, 0) is 24.5 Å². The minimum atomic E-state index is -1.07. The van der Waals surface area contributed by atoms with E-state index in [1.807, 2.05) is 13.8 Å². The lowest BCUT2D eigenvalue weighted by molar-refractivity contribution is 0.0697. The third-order valence-electron chi connectivity index (χ3n) is 2.73. The lowest BCUT2D eigenvalue weighted by Crippen LogP contribution is -2.22. The summed E-state index contributed by atoms with van der Waals surface area (Å²) in [6.07, 6.45) is 1.95. The van der Waals surface area contributed by atoms with Gasteiger partial charge in [0.05, 0.1) is 11.1 Å². The van der Waals surface area contributed by atoms with Crippen LogP contribution >= 0.6 is 11.6 Å². The van der Waals surface area contributed by atoms with Crippen LogP contribution in [-0.2, 0) is 6.42 Å². The molecule has 2 aromatic heterocycles. The summed E-state index contributed by atoms with van der Waals surface area (Å²) >= 11 is 6.01. The molecule has 2 aromatic rings. The minimum absolute atomic E-state index is 0.0691. The van der Waals surface area contributed by atoms with Crippen molar-refractivity contribution in [1.82, 2.24) is 9.38 Å². The van der Waals surface area contributed by atoms with E-state index in [0.717, 1.165) is 0 Å². The number of pyridine rings is 1. The number of carboxylic acids is 1. The van der Waals surface area contributed by atoms with Crippen molar-refractivity contribution in [1.29, 1.82) is 0 Å². The number of hydrogen-bond acceptors (Lipinski definition) is 3. The second-order valence-electron chi connectivity index (χ2n) is 4.73. The molecule has 0 saturated carbocycles. The van der Waals surface area contributed by atoms with Gasteiger partial charge in [0.2, 0.25) is 0 Å². The quantitative estimate of drug-likeness (QED) is 0.875. The zero-order valence-corrected chi connectivity index (χ0v) is 11.3. The molecule has 0 fully saturated rings. The van der Waals surface area contributed by atoms with E-state index in [4.69, 9.17) is 16.7 Å². The van der Waals surface area contributed by atoms with Crippen LogP contribution in [-0.4, -0.2) is 20.5 Å². The van der Waals surface area contributed by atoms with E-state index in [1.54, 1.807) is 0 Å². The number of carbonyl (C=O) groups is 1. The van der Waals surface area contributed by atoms with E-state index < -0.39 is 5.97 Å². The Morgan fingerprint density at radius 1 is 1.53 bits per heavy atom. The third-order valence-corrected chi connectivity index (χ3v) is 3.05. The molecule has 0 aliphatic rings. The van der Waals surface area contributed by atoms with Gasteiger partial charge in [-0.25, -0.2) is 9.78 Å². The van der Waals surface area contributed by atoms with Gasteiger partial charge in [0.15, 0.2) is 0 Å². The number of carboxylic acid groups (broad SMARTS) is 1. The van der Waals surface area contributed by atoms with Gasteiger partial charge >= 0.3 is 5.97 Å². The molecular weight excluding hydrogens is 268 g/mol. The van der Waals surface area contributed by atoms with Crippen LogP contribution in [0.1, 0.15) is 29.8 Å². The highest BCUT2D eigenvalue weighted by Crippen LogP contribution is 2.15. The standard InChI is InChI=1S/C13H13ClN2O3/c1-7(2)5-9-11(14)15-10-6-8(13(18)19)3-4-16(10)12(9)17/h3-4,6-7H,5H2,1-2H3,(H,18,19). The number of rotatable bonds is 3. The van der Waals surface area contributed by atoms with Gasteiger partial charge in [-0.1, -0.05) is 25.4 Å². The summed E-state index contributed by atoms with van der Waals surface area (Å²) in [5, 5.41) is 9.05. The molecule has 2 heterocycles. The van der Waals surface area contributed by atoms with Gasteiger partial charge in [-0.3, -0.25) is 9.20 Å². The van der Waals surface area contributed by atoms with Crippen molar-refractivity contribution in [2.75, 3.05) is 0 Å². The summed E-state index contributed by atoms with van der Waals surface area (Å²) in [4.78, 5) is 27.2. The van der Waals surface area contributed by atoms with E-state index in [9.17, 15) is 9.59 Å². The van der Waals surface area contributed by atoms with Crippen LogP contribution in [0.15, 0.2) is 23.1 Å². The zero-order valence-electron chi connectivity index (χ0n) is 10.6. The molecule has 0 saturated heterocycles. The molecule has 2 rings (SSSR count). The summed E-state index contributed by atoms with van der Waals surface area (Å²) in [5.41, 5.74) is 0.514. The zero-order chi connectivity index (χ0) is 14.2. The normalized spacial score (nSPS) is 11.2. The molecule has 0 radical (unpaired) electrons. The maximum atomic E-state index is 12.3. The highest BCUT2D eigenvalue weighted by molar-refractivity contribution is 6.30. The number of nitrogens with zero attached hydrogens (tertiary/aromatic N) is 2. The fraction of sp³-hybridized carbons (Fsp3) is 0.308. The van der Waals surface area contributed by atoms with E-state index in [-0.39, 0.29) is 27.8 Å². The van der Waals surface area contributed by atoms with Crippen molar-refractivity contribution in [2.45, 2.75) is 20.3 Å². The highest BCUT2D eigenvalue weighted by Gasteiger charge is 2.14. The molecule has 0 aromatic carbocycles. The third kappa shape index (κ3) is 2.61. The first-order chi connectivity index (χ1) is 8.90. The van der Waals surface area contributed by atoms with Crippen molar-refractivity contribution in [3.63, 3.8) is 0 Å². The summed E-state index contributed by atoms with van der Waals surface area (Å²) in [5.74, 6) is -0.789. The molecule has 100 valence electrons. The molecule has 6 heteroatoms. The maximum Gasteiger partial charge on any atom is 0.335 e. The van der Waals surface area contributed by atoms with Crippen molar-refractivity contribution in [2.24, 2.45) is 5.92 Å². The van der Waals surface area contributed by atoms with Crippen LogP contribution in [0, 0.1) is 5.92 Å². The van der Waals surface area contributed by atoms with Gasteiger partial charge in [0.1, 0.15) is 10.8 Å². The lowest BCUT2D eigenvalue weighted by atomic mass is 10.1. The molecule has 0 atom stereocenters. The van der Waals surface area contributed by atoms with Gasteiger partial charge in [0, 0.05) is 6.20 Å². The van der Waals surface area contributed by atoms with E-state index >= 15 is 0 Å². The molecule has 5 nitrogen and oxygen atoms in total. The molecule has 0 bridgehead atoms. The number of aromatic carboxylic acids is 1. The van der Waals surface area contributed by atoms with Crippen molar-refractivity contribution in [3.8, 4) is 0 Å². The second-order valence-corrected chi connectivity index (χ2v) is 5.09. The molecule has 0 aliphatic heterocycles. The van der Waals surface area contributed by atoms with Crippen LogP contribution in [0.25, 0.3) is 5.65 Å². The van der Waals surface area contributed by atoms with Crippen molar-refractivity contribution >= 4 is 23.2 Å². The second kappa shape index (κ2) is 5.01. The molecule has 0 unspecified atom stereocenters. The van der Waals surface area contributed by atoms with E-state index in [2.05, 4.69) is 4.98 Å². The van der Waals surface area contributed by atoms with E-state index in [0.29, 0.717) is 12.0 Å². The van der Waals surface area contributed by atoms with Gasteiger partial charge in [-0.2, -0.15) is 0 Å². The average molecular weight is 281 g/mol. The predicted octanol–water partition coefficient (Wildman–Crippen LogP) is 2.24. The first-order valence-electron chi connectivity index (χ1n) is 5.84. The maximum absolute atomic E-state index is 12.3. The van der Waals surface area contributed by atoms with Crippen LogP contribution in [0.3, 0.4) is 0 Å². The van der Waals surface area contributed by atoms with E-state index in [1.165, 1.54) is 22.7 Å². The Morgan fingerprint density at radius 3 is 2.79 bits per heavy atom. The minimum Gasteiger partial charge on any atom is -0.478 e. The molecule has 19 heavy (non-hydrogen) atoms. The predicted molar refractivity (Wildman–Crippen MR) is 72.0 cm³/mol. The first-order valence-corrected chi connectivity index (χ1v) is 6.22. The van der Waals surface area contributed by atoms with Crippen molar-refractivity contribution < 1.29 is 9.90 Å². The molecule has 0 spiro atoms. The van der Waals surface area contributed by atoms with Crippen LogP contribution in [0.5, 0.6) is 0 Å². The number of fused-ring (bicyclic) bond motifs is 1. The largest absolute Gasteiger partial charge is 0.478 e. The van der Waals surface area contributed by atoms with Gasteiger partial charge in [0.25, 0.3) is 5.56 Å². The molecule has 1 N–H and O–H groups in total. The summed E-state index contributed by atoms with van der Waals surface area (Å²) in [6, 6.07) is 2.69. The van der Waals surface area contributed by atoms with Gasteiger partial charge in [-0.15, -0.1) is 0 Å². The number of aromatic nitrogens is 2. The Kier molecular flexibility index (Phi) is 3.57. The average Bonchev–Trinajstić information content (AvgIpc) is 2.33. The molecular formula is C13H13ClN2O3. The SMILES string of the molecule is CC(C)Cc1c(Cl)nc2cc(C(=O)O)ccn2c1=O. The summed E-state index contributed by atoms with van der Waals surface area (Å²) < 4.78 is 1.32.